The van der Waals surface area contributed by atoms with Crippen LogP contribution in [0, 0.1) is 0 Å². The molecular weight excluding hydrogens is 248 g/mol. The molecule has 0 aromatic carbocycles. The van der Waals surface area contributed by atoms with Crippen LogP contribution >= 0.6 is 11.3 Å². The van der Waals surface area contributed by atoms with Crippen LogP contribution in [0.5, 0.6) is 0 Å². The van der Waals surface area contributed by atoms with Gasteiger partial charge in [0.25, 0.3) is 0 Å². The average Bonchev–Trinajstić information content (AvgIpc) is 2.98. The van der Waals surface area contributed by atoms with Gasteiger partial charge in [0, 0.05) is 12.1 Å². The van der Waals surface area contributed by atoms with Crippen LogP contribution in [0.25, 0.3) is 10.6 Å². The van der Waals surface area contributed by atoms with Gasteiger partial charge in [-0.25, -0.2) is 0 Å². The Balaban J connectivity index is 1.97. The van der Waals surface area contributed by atoms with Crippen molar-refractivity contribution >= 4 is 17.2 Å². The van der Waals surface area contributed by atoms with E-state index in [1.807, 2.05) is 37.4 Å². The molecule has 0 saturated heterocycles. The van der Waals surface area contributed by atoms with E-state index in [2.05, 4.69) is 10.5 Å². The number of hydrogen-bond acceptors (Lipinski definition) is 4. The monoisotopic (exact) mass is 264 g/mol. The third-order valence-electron chi connectivity index (χ3n) is 2.68. The molecule has 5 heteroatoms. The van der Waals surface area contributed by atoms with E-state index in [1.165, 1.54) is 0 Å². The average molecular weight is 264 g/mol. The summed E-state index contributed by atoms with van der Waals surface area (Å²) in [5.74, 6) is 0.701. The van der Waals surface area contributed by atoms with E-state index in [0.717, 1.165) is 17.1 Å². The Morgan fingerprint density at radius 1 is 1.61 bits per heavy atom. The maximum atomic E-state index is 11.7. The molecule has 1 unspecified atom stereocenters. The van der Waals surface area contributed by atoms with E-state index in [9.17, 15) is 4.79 Å². The van der Waals surface area contributed by atoms with Crippen LogP contribution < -0.4 is 5.32 Å². The number of nitrogens with zero attached hydrogens (tertiary/aromatic N) is 1. The first kappa shape index (κ1) is 12.8. The molecule has 1 amide bonds. The Bertz CT molecular complexity index is 505. The molecule has 0 spiro atoms. The zero-order valence-electron chi connectivity index (χ0n) is 10.5. The van der Waals surface area contributed by atoms with Crippen LogP contribution in [0.15, 0.2) is 28.1 Å². The van der Waals surface area contributed by atoms with Gasteiger partial charge in [0.2, 0.25) is 5.91 Å². The van der Waals surface area contributed by atoms with Gasteiger partial charge >= 0.3 is 0 Å². The summed E-state index contributed by atoms with van der Waals surface area (Å²) < 4.78 is 5.22. The normalized spacial score (nSPS) is 12.3. The Kier molecular flexibility index (Phi) is 4.15. The summed E-state index contributed by atoms with van der Waals surface area (Å²) in [7, 11) is 0. The zero-order valence-corrected chi connectivity index (χ0v) is 11.3. The molecule has 96 valence electrons. The lowest BCUT2D eigenvalue weighted by Crippen LogP contribution is -2.33. The second-order valence-corrected chi connectivity index (χ2v) is 5.16. The second-order valence-electron chi connectivity index (χ2n) is 4.21. The highest BCUT2D eigenvalue weighted by atomic mass is 32.1. The molecule has 2 aromatic heterocycles. The molecule has 0 bridgehead atoms. The minimum Gasteiger partial charge on any atom is -0.355 e. The fraction of sp³-hybridized carbons (Fsp3) is 0.385. The summed E-state index contributed by atoms with van der Waals surface area (Å²) in [6.45, 7) is 4.02. The Morgan fingerprint density at radius 2 is 2.44 bits per heavy atom. The van der Waals surface area contributed by atoms with Crippen molar-refractivity contribution in [1.82, 2.24) is 10.5 Å². The van der Waals surface area contributed by atoms with Crippen LogP contribution in [0.4, 0.5) is 0 Å². The lowest BCUT2D eigenvalue weighted by molar-refractivity contribution is -0.121. The van der Waals surface area contributed by atoms with Crippen LogP contribution in [0.3, 0.4) is 0 Å². The summed E-state index contributed by atoms with van der Waals surface area (Å²) in [4.78, 5) is 12.7. The summed E-state index contributed by atoms with van der Waals surface area (Å²) in [5.41, 5.74) is 0.666. The van der Waals surface area contributed by atoms with Crippen LogP contribution in [0.2, 0.25) is 0 Å². The second kappa shape index (κ2) is 5.82. The Hall–Kier alpha value is -1.62. The van der Waals surface area contributed by atoms with Gasteiger partial charge in [0.1, 0.15) is 0 Å². The number of rotatable bonds is 5. The van der Waals surface area contributed by atoms with Crippen molar-refractivity contribution in [1.29, 1.82) is 0 Å². The molecule has 0 saturated carbocycles. The van der Waals surface area contributed by atoms with Gasteiger partial charge in [-0.05, 0) is 24.8 Å². The lowest BCUT2D eigenvalue weighted by Gasteiger charge is -2.09. The first-order valence-electron chi connectivity index (χ1n) is 5.98. The van der Waals surface area contributed by atoms with Gasteiger partial charge < -0.3 is 9.84 Å². The highest BCUT2D eigenvalue weighted by Crippen LogP contribution is 2.25. The molecule has 0 fully saturated rings. The van der Waals surface area contributed by atoms with Gasteiger partial charge in [-0.2, -0.15) is 0 Å². The summed E-state index contributed by atoms with van der Waals surface area (Å²) in [5, 5.41) is 8.80. The van der Waals surface area contributed by atoms with E-state index < -0.39 is 0 Å². The molecule has 2 heterocycles. The van der Waals surface area contributed by atoms with Gasteiger partial charge in [-0.1, -0.05) is 18.1 Å². The predicted octanol–water partition coefficient (Wildman–Crippen LogP) is 2.86. The fourth-order valence-corrected chi connectivity index (χ4v) is 2.20. The fourth-order valence-electron chi connectivity index (χ4n) is 1.52. The predicted molar refractivity (Wildman–Crippen MR) is 71.4 cm³/mol. The Morgan fingerprint density at radius 3 is 3.11 bits per heavy atom. The van der Waals surface area contributed by atoms with Gasteiger partial charge in [0.15, 0.2) is 5.76 Å². The smallest absolute Gasteiger partial charge is 0.226 e. The molecule has 0 radical (unpaired) electrons. The van der Waals surface area contributed by atoms with Crippen molar-refractivity contribution in [3.05, 3.63) is 29.3 Å². The van der Waals surface area contributed by atoms with E-state index in [1.54, 1.807) is 11.3 Å². The van der Waals surface area contributed by atoms with E-state index in [-0.39, 0.29) is 18.4 Å². The largest absolute Gasteiger partial charge is 0.355 e. The number of thiophene rings is 1. The van der Waals surface area contributed by atoms with Crippen molar-refractivity contribution in [2.45, 2.75) is 32.7 Å². The summed E-state index contributed by atoms with van der Waals surface area (Å²) >= 11 is 1.59. The number of hydrogen-bond donors (Lipinski definition) is 1. The highest BCUT2D eigenvalue weighted by Gasteiger charge is 2.12. The Labute approximate surface area is 110 Å². The number of carbonyl (C=O) groups excluding carboxylic acids is 1. The summed E-state index contributed by atoms with van der Waals surface area (Å²) in [6, 6.07) is 5.94. The van der Waals surface area contributed by atoms with Crippen molar-refractivity contribution in [3.8, 4) is 10.6 Å². The number of carbonyl (C=O) groups is 1. The third kappa shape index (κ3) is 3.20. The maximum Gasteiger partial charge on any atom is 0.226 e. The lowest BCUT2D eigenvalue weighted by atomic mass is 10.2. The van der Waals surface area contributed by atoms with Crippen molar-refractivity contribution in [2.24, 2.45) is 0 Å². The maximum absolute atomic E-state index is 11.7. The molecule has 2 rings (SSSR count). The molecule has 0 aliphatic carbocycles. The van der Waals surface area contributed by atoms with Crippen LogP contribution in [0.1, 0.15) is 26.0 Å². The third-order valence-corrected chi connectivity index (χ3v) is 3.57. The van der Waals surface area contributed by atoms with Crippen molar-refractivity contribution in [3.63, 3.8) is 0 Å². The first-order chi connectivity index (χ1) is 8.69. The summed E-state index contributed by atoms with van der Waals surface area (Å²) in [6.07, 6.45) is 1.18. The molecule has 2 aromatic rings. The standard InChI is InChI=1S/C13H16N2O2S/c1-3-9(2)14-13(16)8-10-7-11(17-15-10)12-5-4-6-18-12/h4-7,9H,3,8H2,1-2H3,(H,14,16). The molecule has 1 N–H and O–H groups in total. The molecule has 4 nitrogen and oxygen atoms in total. The van der Waals surface area contributed by atoms with Gasteiger partial charge in [-0.3, -0.25) is 4.79 Å². The van der Waals surface area contributed by atoms with Gasteiger partial charge in [0.05, 0.1) is 17.0 Å². The van der Waals surface area contributed by atoms with Crippen molar-refractivity contribution in [2.75, 3.05) is 0 Å². The van der Waals surface area contributed by atoms with E-state index >= 15 is 0 Å². The minimum atomic E-state index is -0.0182. The molecule has 0 aliphatic heterocycles. The van der Waals surface area contributed by atoms with E-state index in [0.29, 0.717) is 5.69 Å². The quantitative estimate of drug-likeness (QED) is 0.903. The highest BCUT2D eigenvalue weighted by molar-refractivity contribution is 7.13. The number of aromatic nitrogens is 1. The van der Waals surface area contributed by atoms with E-state index in [4.69, 9.17) is 4.52 Å². The molecule has 1 atom stereocenters. The number of amides is 1. The SMILES string of the molecule is CCC(C)NC(=O)Cc1cc(-c2cccs2)on1. The zero-order chi connectivity index (χ0) is 13.0. The van der Waals surface area contributed by atoms with Crippen molar-refractivity contribution < 1.29 is 9.32 Å². The first-order valence-corrected chi connectivity index (χ1v) is 6.86. The van der Waals surface area contributed by atoms with Crippen LogP contribution in [-0.4, -0.2) is 17.1 Å². The van der Waals surface area contributed by atoms with Crippen LogP contribution in [-0.2, 0) is 11.2 Å². The molecular formula is C13H16N2O2S. The minimum absolute atomic E-state index is 0.0182. The molecule has 18 heavy (non-hydrogen) atoms. The molecule has 0 aliphatic rings. The van der Waals surface area contributed by atoms with Gasteiger partial charge in [-0.15, -0.1) is 11.3 Å². The number of nitrogens with one attached hydrogen (secondary N) is 1. The topological polar surface area (TPSA) is 55.1 Å².